The first-order valence-corrected chi connectivity index (χ1v) is 5.71. The van der Waals surface area contributed by atoms with Gasteiger partial charge in [0, 0.05) is 43.9 Å². The molecule has 1 aliphatic heterocycles. The van der Waals surface area contributed by atoms with Gasteiger partial charge < -0.3 is 10.2 Å². The number of alkyl halides is 2. The van der Waals surface area contributed by atoms with Gasteiger partial charge >= 0.3 is 0 Å². The number of halogens is 2. The molecule has 3 nitrogen and oxygen atoms in total. The molecule has 0 atom stereocenters. The second kappa shape index (κ2) is 3.65. The smallest absolute Gasteiger partial charge is 0.249 e. The van der Waals surface area contributed by atoms with Gasteiger partial charge in [-0.05, 0) is 13.8 Å². The maximum Gasteiger partial charge on any atom is 0.249 e. The Labute approximate surface area is 94.2 Å². The minimum absolute atomic E-state index is 0.0968. The Morgan fingerprint density at radius 1 is 1.38 bits per heavy atom. The van der Waals surface area contributed by atoms with Crippen molar-refractivity contribution in [3.63, 3.8) is 0 Å². The molecule has 0 spiro atoms. The standard InChI is InChI=1S/C11H18F2N2O/c1-10(2)7-15(4-3-14-10)9(16)8-5-11(12,13)6-8/h8,14H,3-7H2,1-2H3. The first-order valence-electron chi connectivity index (χ1n) is 5.71. The molecule has 1 saturated carbocycles. The number of carbonyl (C=O) groups excluding carboxylic acids is 1. The van der Waals surface area contributed by atoms with Crippen LogP contribution >= 0.6 is 0 Å². The lowest BCUT2D eigenvalue weighted by molar-refractivity contribution is -0.161. The fraction of sp³-hybridized carbons (Fsp3) is 0.909. The molecule has 0 radical (unpaired) electrons. The van der Waals surface area contributed by atoms with Crippen LogP contribution in [0.25, 0.3) is 0 Å². The molecular formula is C11H18F2N2O. The first-order chi connectivity index (χ1) is 7.29. The number of amides is 1. The van der Waals surface area contributed by atoms with Gasteiger partial charge in [-0.2, -0.15) is 0 Å². The van der Waals surface area contributed by atoms with E-state index in [0.29, 0.717) is 13.1 Å². The van der Waals surface area contributed by atoms with Crippen molar-refractivity contribution in [2.24, 2.45) is 5.92 Å². The topological polar surface area (TPSA) is 32.3 Å². The van der Waals surface area contributed by atoms with Crippen molar-refractivity contribution in [3.8, 4) is 0 Å². The van der Waals surface area contributed by atoms with Crippen LogP contribution in [0.15, 0.2) is 0 Å². The van der Waals surface area contributed by atoms with Crippen molar-refractivity contribution in [1.29, 1.82) is 0 Å². The van der Waals surface area contributed by atoms with Crippen molar-refractivity contribution in [2.45, 2.75) is 38.2 Å². The monoisotopic (exact) mass is 232 g/mol. The number of nitrogens with one attached hydrogen (secondary N) is 1. The van der Waals surface area contributed by atoms with Crippen LogP contribution < -0.4 is 5.32 Å². The van der Waals surface area contributed by atoms with Gasteiger partial charge in [-0.3, -0.25) is 4.79 Å². The summed E-state index contributed by atoms with van der Waals surface area (Å²) in [7, 11) is 0. The first kappa shape index (κ1) is 11.8. The maximum atomic E-state index is 12.7. The molecule has 1 N–H and O–H groups in total. The van der Waals surface area contributed by atoms with Crippen LogP contribution in [0.5, 0.6) is 0 Å². The van der Waals surface area contributed by atoms with Crippen molar-refractivity contribution in [2.75, 3.05) is 19.6 Å². The number of hydrogen-bond acceptors (Lipinski definition) is 2. The highest BCUT2D eigenvalue weighted by Gasteiger charge is 2.50. The summed E-state index contributed by atoms with van der Waals surface area (Å²) in [6.45, 7) is 6.00. The molecule has 2 aliphatic rings. The molecule has 0 bridgehead atoms. The van der Waals surface area contributed by atoms with Crippen LogP contribution in [0.1, 0.15) is 26.7 Å². The average molecular weight is 232 g/mol. The van der Waals surface area contributed by atoms with Gasteiger partial charge in [-0.15, -0.1) is 0 Å². The zero-order valence-corrected chi connectivity index (χ0v) is 9.72. The van der Waals surface area contributed by atoms with E-state index < -0.39 is 11.8 Å². The summed E-state index contributed by atoms with van der Waals surface area (Å²) >= 11 is 0. The van der Waals surface area contributed by atoms with E-state index in [1.807, 2.05) is 13.8 Å². The molecule has 0 aromatic rings. The lowest BCUT2D eigenvalue weighted by Gasteiger charge is -2.43. The largest absolute Gasteiger partial charge is 0.339 e. The van der Waals surface area contributed by atoms with Crippen molar-refractivity contribution < 1.29 is 13.6 Å². The minimum atomic E-state index is -2.61. The van der Waals surface area contributed by atoms with E-state index in [0.717, 1.165) is 6.54 Å². The van der Waals surface area contributed by atoms with Gasteiger partial charge in [0.25, 0.3) is 0 Å². The highest BCUT2D eigenvalue weighted by atomic mass is 19.3. The summed E-state index contributed by atoms with van der Waals surface area (Å²) in [4.78, 5) is 13.6. The van der Waals surface area contributed by atoms with Gasteiger partial charge in [0.2, 0.25) is 11.8 Å². The molecule has 1 saturated heterocycles. The van der Waals surface area contributed by atoms with Gasteiger partial charge in [-0.1, -0.05) is 0 Å². The van der Waals surface area contributed by atoms with Crippen LogP contribution in [-0.2, 0) is 4.79 Å². The second-order valence-corrected chi connectivity index (χ2v) is 5.53. The molecule has 5 heteroatoms. The number of nitrogens with zero attached hydrogens (tertiary/aromatic N) is 1. The quantitative estimate of drug-likeness (QED) is 0.737. The molecule has 0 aromatic heterocycles. The molecule has 2 fully saturated rings. The summed E-state index contributed by atoms with van der Waals surface area (Å²) in [5, 5.41) is 3.29. The van der Waals surface area contributed by atoms with Gasteiger partial charge in [0.15, 0.2) is 0 Å². The van der Waals surface area contributed by atoms with Crippen LogP contribution in [0.2, 0.25) is 0 Å². The third kappa shape index (κ3) is 2.34. The minimum Gasteiger partial charge on any atom is -0.339 e. The van der Waals surface area contributed by atoms with Crippen molar-refractivity contribution in [3.05, 3.63) is 0 Å². The molecule has 92 valence electrons. The van der Waals surface area contributed by atoms with E-state index in [-0.39, 0.29) is 24.3 Å². The lowest BCUT2D eigenvalue weighted by Crippen LogP contribution is -2.60. The Kier molecular flexibility index (Phi) is 2.69. The number of piperazine rings is 1. The van der Waals surface area contributed by atoms with E-state index in [1.165, 1.54) is 0 Å². The van der Waals surface area contributed by atoms with Crippen LogP contribution in [-0.4, -0.2) is 41.9 Å². The summed E-state index contributed by atoms with van der Waals surface area (Å²) in [5.41, 5.74) is -0.111. The Morgan fingerprint density at radius 3 is 2.50 bits per heavy atom. The highest BCUT2D eigenvalue weighted by Crippen LogP contribution is 2.43. The van der Waals surface area contributed by atoms with Gasteiger partial charge in [0.1, 0.15) is 0 Å². The SMILES string of the molecule is CC1(C)CN(C(=O)C2CC(F)(F)C2)CCN1. The fourth-order valence-corrected chi connectivity index (χ4v) is 2.42. The highest BCUT2D eigenvalue weighted by molar-refractivity contribution is 5.80. The van der Waals surface area contributed by atoms with Crippen LogP contribution in [0.4, 0.5) is 8.78 Å². The average Bonchev–Trinajstić information content (AvgIpc) is 2.11. The Balaban J connectivity index is 1.91. The zero-order chi connectivity index (χ0) is 12.0. The van der Waals surface area contributed by atoms with Crippen LogP contribution in [0.3, 0.4) is 0 Å². The van der Waals surface area contributed by atoms with E-state index in [2.05, 4.69) is 5.32 Å². The predicted octanol–water partition coefficient (Wildman–Crippen LogP) is 1.24. The third-order valence-electron chi connectivity index (χ3n) is 3.32. The van der Waals surface area contributed by atoms with E-state index in [9.17, 15) is 13.6 Å². The summed E-state index contributed by atoms with van der Waals surface area (Å²) in [6, 6.07) is 0. The second-order valence-electron chi connectivity index (χ2n) is 5.53. The molecule has 1 heterocycles. The summed E-state index contributed by atoms with van der Waals surface area (Å²) in [6.07, 6.45) is -0.535. The molecule has 0 unspecified atom stereocenters. The van der Waals surface area contributed by atoms with Crippen LogP contribution in [0, 0.1) is 5.92 Å². The fourth-order valence-electron chi connectivity index (χ4n) is 2.42. The zero-order valence-electron chi connectivity index (χ0n) is 9.72. The summed E-state index contributed by atoms with van der Waals surface area (Å²) < 4.78 is 25.4. The molecular weight excluding hydrogens is 214 g/mol. The van der Waals surface area contributed by atoms with Gasteiger partial charge in [-0.25, -0.2) is 8.78 Å². The van der Waals surface area contributed by atoms with Crippen molar-refractivity contribution in [1.82, 2.24) is 10.2 Å². The molecule has 1 aliphatic carbocycles. The Hall–Kier alpha value is -0.710. The normalized spacial score (nSPS) is 28.6. The maximum absolute atomic E-state index is 12.7. The lowest BCUT2D eigenvalue weighted by atomic mass is 9.80. The molecule has 1 amide bonds. The molecule has 2 rings (SSSR count). The summed E-state index contributed by atoms with van der Waals surface area (Å²) in [5.74, 6) is -3.16. The van der Waals surface area contributed by atoms with E-state index in [1.54, 1.807) is 4.90 Å². The molecule has 16 heavy (non-hydrogen) atoms. The number of rotatable bonds is 1. The molecule has 0 aromatic carbocycles. The van der Waals surface area contributed by atoms with Crippen molar-refractivity contribution >= 4 is 5.91 Å². The number of carbonyl (C=O) groups is 1. The van der Waals surface area contributed by atoms with E-state index >= 15 is 0 Å². The van der Waals surface area contributed by atoms with Gasteiger partial charge in [0.05, 0.1) is 0 Å². The Morgan fingerprint density at radius 2 is 2.00 bits per heavy atom. The van der Waals surface area contributed by atoms with E-state index in [4.69, 9.17) is 0 Å². The predicted molar refractivity (Wildman–Crippen MR) is 56.3 cm³/mol. The number of hydrogen-bond donors (Lipinski definition) is 1. The third-order valence-corrected chi connectivity index (χ3v) is 3.32. The Bertz CT molecular complexity index is 296.